The molecule has 0 amide bonds. The van der Waals surface area contributed by atoms with Crippen molar-refractivity contribution in [3.8, 4) is 5.75 Å². The van der Waals surface area contributed by atoms with Gasteiger partial charge in [-0.2, -0.15) is 0 Å². The molecule has 2 rings (SSSR count). The maximum atomic E-state index is 12.2. The second kappa shape index (κ2) is 5.59. The molecule has 0 radical (unpaired) electrons. The summed E-state index contributed by atoms with van der Waals surface area (Å²) in [5.41, 5.74) is 6.22. The Morgan fingerprint density at radius 3 is 2.72 bits per heavy atom. The number of benzene rings is 1. The second-order valence-corrected chi connectivity index (χ2v) is 4.98. The fourth-order valence-corrected chi connectivity index (χ4v) is 2.60. The van der Waals surface area contributed by atoms with Crippen LogP contribution in [0.5, 0.6) is 5.75 Å². The molecule has 0 saturated heterocycles. The van der Waals surface area contributed by atoms with Crippen LogP contribution in [0, 0.1) is 0 Å². The van der Waals surface area contributed by atoms with Crippen LogP contribution in [0.25, 0.3) is 0 Å². The van der Waals surface area contributed by atoms with E-state index in [4.69, 9.17) is 10.5 Å². The zero-order valence-corrected chi connectivity index (χ0v) is 10.7. The molecule has 0 spiro atoms. The van der Waals surface area contributed by atoms with Crippen molar-refractivity contribution in [2.75, 3.05) is 12.8 Å². The molecule has 0 aliphatic heterocycles. The monoisotopic (exact) mass is 263 g/mol. The Morgan fingerprint density at radius 1 is 1.33 bits per heavy atom. The van der Waals surface area contributed by atoms with E-state index in [9.17, 15) is 4.21 Å². The lowest BCUT2D eigenvalue weighted by Crippen LogP contribution is -2.03. The molecule has 18 heavy (non-hydrogen) atoms. The molecule has 5 nitrogen and oxygen atoms in total. The minimum atomic E-state index is -1.26. The molecular weight excluding hydrogens is 250 g/mol. The van der Waals surface area contributed by atoms with E-state index < -0.39 is 10.8 Å². The molecular formula is C12H13N3O2S. The number of hydrogen-bond donors (Lipinski definition) is 1. The minimum absolute atomic E-state index is 0.251. The van der Waals surface area contributed by atoms with E-state index in [-0.39, 0.29) is 5.75 Å². The molecule has 1 aromatic heterocycles. The van der Waals surface area contributed by atoms with Gasteiger partial charge in [-0.3, -0.25) is 4.21 Å². The molecule has 0 fully saturated rings. The largest absolute Gasteiger partial charge is 0.495 e. The van der Waals surface area contributed by atoms with Crippen LogP contribution < -0.4 is 10.5 Å². The normalized spacial score (nSPS) is 12.1. The number of nitrogen functional groups attached to an aromatic ring is 1. The number of nitrogens with two attached hydrogens (primary N) is 1. The van der Waals surface area contributed by atoms with Gasteiger partial charge in [-0.25, -0.2) is 9.97 Å². The van der Waals surface area contributed by atoms with Crippen molar-refractivity contribution < 1.29 is 8.95 Å². The fourth-order valence-electron chi connectivity index (χ4n) is 1.47. The lowest BCUT2D eigenvalue weighted by molar-refractivity contribution is 0.404. The first-order chi connectivity index (χ1) is 8.70. The smallest absolute Gasteiger partial charge is 0.141 e. The molecule has 0 bridgehead atoms. The van der Waals surface area contributed by atoms with Gasteiger partial charge in [0.15, 0.2) is 0 Å². The second-order valence-electron chi connectivity index (χ2n) is 3.57. The summed E-state index contributed by atoms with van der Waals surface area (Å²) < 4.78 is 17.4. The number of rotatable bonds is 4. The minimum Gasteiger partial charge on any atom is -0.495 e. The van der Waals surface area contributed by atoms with Gasteiger partial charge in [0.2, 0.25) is 0 Å². The van der Waals surface area contributed by atoms with Crippen molar-refractivity contribution in [1.29, 1.82) is 0 Å². The third kappa shape index (κ3) is 2.84. The Kier molecular flexibility index (Phi) is 3.88. The fraction of sp³-hybridized carbons (Fsp3) is 0.167. The average molecular weight is 263 g/mol. The Hall–Kier alpha value is -1.95. The van der Waals surface area contributed by atoms with E-state index in [1.807, 2.05) is 0 Å². The topological polar surface area (TPSA) is 78.1 Å². The molecule has 2 aromatic rings. The third-order valence-corrected chi connectivity index (χ3v) is 3.66. The van der Waals surface area contributed by atoms with Crippen molar-refractivity contribution in [1.82, 2.24) is 9.97 Å². The summed E-state index contributed by atoms with van der Waals surface area (Å²) >= 11 is 0. The van der Waals surface area contributed by atoms with Gasteiger partial charge >= 0.3 is 0 Å². The molecule has 1 unspecified atom stereocenters. The van der Waals surface area contributed by atoms with Crippen molar-refractivity contribution in [2.24, 2.45) is 0 Å². The van der Waals surface area contributed by atoms with E-state index >= 15 is 0 Å². The van der Waals surface area contributed by atoms with Gasteiger partial charge in [-0.15, -0.1) is 0 Å². The maximum Gasteiger partial charge on any atom is 0.141 e. The van der Waals surface area contributed by atoms with E-state index in [2.05, 4.69) is 9.97 Å². The summed E-state index contributed by atoms with van der Waals surface area (Å²) in [7, 11) is 0.263. The number of nitrogens with zero attached hydrogens (tertiary/aromatic N) is 2. The van der Waals surface area contributed by atoms with Crippen molar-refractivity contribution in [2.45, 2.75) is 10.6 Å². The SMILES string of the molecule is COc1cc(N)ccc1S(=O)Cc1ncccn1. The summed E-state index contributed by atoms with van der Waals surface area (Å²) in [5.74, 6) is 1.31. The first kappa shape index (κ1) is 12.5. The summed E-state index contributed by atoms with van der Waals surface area (Å²) in [5, 5.41) is 0. The average Bonchev–Trinajstić information content (AvgIpc) is 2.39. The van der Waals surface area contributed by atoms with Crippen molar-refractivity contribution >= 4 is 16.5 Å². The summed E-state index contributed by atoms with van der Waals surface area (Å²) in [6, 6.07) is 6.77. The first-order valence-electron chi connectivity index (χ1n) is 5.28. The lowest BCUT2D eigenvalue weighted by Gasteiger charge is -2.08. The molecule has 0 aliphatic rings. The van der Waals surface area contributed by atoms with Crippen LogP contribution in [0.4, 0.5) is 5.69 Å². The summed E-state index contributed by atoms with van der Waals surface area (Å²) in [6.45, 7) is 0. The first-order valence-corrected chi connectivity index (χ1v) is 6.60. The van der Waals surface area contributed by atoms with Gasteiger partial charge in [-0.1, -0.05) is 0 Å². The highest BCUT2D eigenvalue weighted by molar-refractivity contribution is 7.84. The zero-order valence-electron chi connectivity index (χ0n) is 9.87. The highest BCUT2D eigenvalue weighted by Crippen LogP contribution is 2.25. The summed E-state index contributed by atoms with van der Waals surface area (Å²) in [4.78, 5) is 8.69. The molecule has 1 aromatic carbocycles. The van der Waals surface area contributed by atoms with E-state index in [0.29, 0.717) is 22.2 Å². The molecule has 6 heteroatoms. The van der Waals surface area contributed by atoms with Gasteiger partial charge in [-0.05, 0) is 18.2 Å². The number of methoxy groups -OCH3 is 1. The van der Waals surface area contributed by atoms with E-state index in [1.165, 1.54) is 7.11 Å². The molecule has 1 atom stereocenters. The molecule has 0 saturated carbocycles. The van der Waals surface area contributed by atoms with Crippen LogP contribution in [-0.4, -0.2) is 21.3 Å². The Labute approximate surface area is 107 Å². The number of hydrogen-bond acceptors (Lipinski definition) is 5. The maximum absolute atomic E-state index is 12.2. The lowest BCUT2D eigenvalue weighted by atomic mass is 10.3. The zero-order chi connectivity index (χ0) is 13.0. The molecule has 94 valence electrons. The highest BCUT2D eigenvalue weighted by Gasteiger charge is 2.12. The predicted octanol–water partition coefficient (Wildman–Crippen LogP) is 1.38. The molecule has 2 N–H and O–H groups in total. The van der Waals surface area contributed by atoms with Crippen LogP contribution in [-0.2, 0) is 16.6 Å². The van der Waals surface area contributed by atoms with E-state index in [1.54, 1.807) is 36.7 Å². The quantitative estimate of drug-likeness (QED) is 0.843. The predicted molar refractivity (Wildman–Crippen MR) is 69.6 cm³/mol. The Bertz CT molecular complexity index is 561. The number of aromatic nitrogens is 2. The van der Waals surface area contributed by atoms with E-state index in [0.717, 1.165) is 0 Å². The van der Waals surface area contributed by atoms with Gasteiger partial charge in [0.05, 0.1) is 28.6 Å². The number of ether oxygens (including phenoxy) is 1. The summed E-state index contributed by atoms with van der Waals surface area (Å²) in [6.07, 6.45) is 3.25. The third-order valence-electron chi connectivity index (χ3n) is 2.31. The van der Waals surface area contributed by atoms with Crippen molar-refractivity contribution in [3.05, 3.63) is 42.5 Å². The molecule has 1 heterocycles. The van der Waals surface area contributed by atoms with Crippen LogP contribution in [0.1, 0.15) is 5.82 Å². The van der Waals surface area contributed by atoms with Crippen molar-refractivity contribution in [3.63, 3.8) is 0 Å². The molecule has 0 aliphatic carbocycles. The van der Waals surface area contributed by atoms with Gasteiger partial charge in [0.1, 0.15) is 11.6 Å². The van der Waals surface area contributed by atoms with Crippen LogP contribution in [0.3, 0.4) is 0 Å². The Balaban J connectivity index is 2.24. The standard InChI is InChI=1S/C12H13N3O2S/c1-17-10-7-9(13)3-4-11(10)18(16)8-12-14-5-2-6-15-12/h2-7H,8,13H2,1H3. The van der Waals surface area contributed by atoms with Crippen LogP contribution >= 0.6 is 0 Å². The van der Waals surface area contributed by atoms with Gasteiger partial charge < -0.3 is 10.5 Å². The van der Waals surface area contributed by atoms with Crippen LogP contribution in [0.2, 0.25) is 0 Å². The van der Waals surface area contributed by atoms with Gasteiger partial charge in [0, 0.05) is 24.1 Å². The van der Waals surface area contributed by atoms with Crippen LogP contribution in [0.15, 0.2) is 41.6 Å². The number of anilines is 1. The van der Waals surface area contributed by atoms with Gasteiger partial charge in [0.25, 0.3) is 0 Å². The highest BCUT2D eigenvalue weighted by atomic mass is 32.2. The Morgan fingerprint density at radius 2 is 2.06 bits per heavy atom.